The van der Waals surface area contributed by atoms with E-state index < -0.39 is 0 Å². The van der Waals surface area contributed by atoms with Gasteiger partial charge in [0, 0.05) is 38.5 Å². The molecule has 0 aliphatic carbocycles. The molecule has 168 valence electrons. The smallest absolute Gasteiger partial charge is 0.173 e. The van der Waals surface area contributed by atoms with Gasteiger partial charge in [-0.15, -0.1) is 5.10 Å². The van der Waals surface area contributed by atoms with Crippen LogP contribution in [0.2, 0.25) is 0 Å². The SMILES string of the molecule is Cc1cccc(N2CCN([C@H](c3ccccc3)c3nnnn3C[C@H]3CCCO3)CC2)c1C. The summed E-state index contributed by atoms with van der Waals surface area (Å²) in [5.74, 6) is 0.909. The molecule has 7 nitrogen and oxygen atoms in total. The first-order valence-corrected chi connectivity index (χ1v) is 11.7. The zero-order valence-corrected chi connectivity index (χ0v) is 19.0. The third kappa shape index (κ3) is 4.27. The lowest BCUT2D eigenvalue weighted by Crippen LogP contribution is -2.48. The second-order valence-corrected chi connectivity index (χ2v) is 8.91. The maximum atomic E-state index is 5.86. The number of piperazine rings is 1. The highest BCUT2D eigenvalue weighted by Gasteiger charge is 2.31. The van der Waals surface area contributed by atoms with Crippen LogP contribution in [0.1, 0.15) is 41.4 Å². The van der Waals surface area contributed by atoms with Crippen LogP contribution in [0.4, 0.5) is 5.69 Å². The van der Waals surface area contributed by atoms with Gasteiger partial charge < -0.3 is 9.64 Å². The monoisotopic (exact) mass is 432 g/mol. The summed E-state index contributed by atoms with van der Waals surface area (Å²) in [7, 11) is 0. The Morgan fingerprint density at radius 3 is 2.56 bits per heavy atom. The summed E-state index contributed by atoms with van der Waals surface area (Å²) in [6.45, 7) is 9.86. The van der Waals surface area contributed by atoms with E-state index in [2.05, 4.69) is 87.7 Å². The Morgan fingerprint density at radius 1 is 1.00 bits per heavy atom. The molecule has 2 aliphatic rings. The second-order valence-electron chi connectivity index (χ2n) is 8.91. The number of benzene rings is 2. The van der Waals surface area contributed by atoms with E-state index >= 15 is 0 Å². The average molecular weight is 433 g/mol. The predicted octanol–water partition coefficient (Wildman–Crippen LogP) is 3.38. The number of aromatic nitrogens is 4. The van der Waals surface area contributed by atoms with Gasteiger partial charge in [0.25, 0.3) is 0 Å². The summed E-state index contributed by atoms with van der Waals surface area (Å²) in [6, 6.07) is 17.3. The van der Waals surface area contributed by atoms with Gasteiger partial charge in [0.15, 0.2) is 5.82 Å². The molecule has 2 saturated heterocycles. The fourth-order valence-electron chi connectivity index (χ4n) is 4.98. The molecular formula is C25H32N6O. The van der Waals surface area contributed by atoms with Crippen molar-refractivity contribution < 1.29 is 4.74 Å². The molecule has 2 fully saturated rings. The topological polar surface area (TPSA) is 59.3 Å². The number of rotatable bonds is 6. The van der Waals surface area contributed by atoms with Gasteiger partial charge in [-0.2, -0.15) is 0 Å². The first kappa shape index (κ1) is 21.1. The van der Waals surface area contributed by atoms with Gasteiger partial charge in [-0.1, -0.05) is 42.5 Å². The Morgan fingerprint density at radius 2 is 1.81 bits per heavy atom. The van der Waals surface area contributed by atoms with Crippen LogP contribution in [0, 0.1) is 13.8 Å². The van der Waals surface area contributed by atoms with Crippen LogP contribution >= 0.6 is 0 Å². The molecule has 1 aromatic heterocycles. The van der Waals surface area contributed by atoms with Crippen LogP contribution < -0.4 is 4.90 Å². The molecule has 0 radical (unpaired) electrons. The number of anilines is 1. The molecule has 0 N–H and O–H groups in total. The van der Waals surface area contributed by atoms with Gasteiger partial charge >= 0.3 is 0 Å². The summed E-state index contributed by atoms with van der Waals surface area (Å²) < 4.78 is 7.82. The molecule has 0 amide bonds. The fourth-order valence-corrected chi connectivity index (χ4v) is 4.98. The van der Waals surface area contributed by atoms with E-state index in [-0.39, 0.29) is 12.1 Å². The maximum Gasteiger partial charge on any atom is 0.173 e. The zero-order chi connectivity index (χ0) is 21.9. The quantitative estimate of drug-likeness (QED) is 0.595. The Bertz CT molecular complexity index is 1020. The first-order valence-electron chi connectivity index (χ1n) is 11.7. The zero-order valence-electron chi connectivity index (χ0n) is 19.0. The minimum atomic E-state index is 0.0355. The lowest BCUT2D eigenvalue weighted by Gasteiger charge is -2.40. The van der Waals surface area contributed by atoms with Gasteiger partial charge in [0.1, 0.15) is 0 Å². The van der Waals surface area contributed by atoms with E-state index in [1.165, 1.54) is 22.4 Å². The van der Waals surface area contributed by atoms with Gasteiger partial charge in [0.2, 0.25) is 0 Å². The van der Waals surface area contributed by atoms with Gasteiger partial charge in [-0.3, -0.25) is 4.90 Å². The Balaban J connectivity index is 1.39. The van der Waals surface area contributed by atoms with E-state index in [9.17, 15) is 0 Å². The lowest BCUT2D eigenvalue weighted by molar-refractivity contribution is 0.0906. The van der Waals surface area contributed by atoms with E-state index in [1.807, 2.05) is 4.68 Å². The normalized spacial score (nSPS) is 20.6. The third-order valence-corrected chi connectivity index (χ3v) is 6.92. The molecule has 3 aromatic rings. The van der Waals surface area contributed by atoms with Crippen molar-refractivity contribution in [1.29, 1.82) is 0 Å². The van der Waals surface area contributed by atoms with Crippen LogP contribution in [0.5, 0.6) is 0 Å². The second kappa shape index (κ2) is 9.38. The highest BCUT2D eigenvalue weighted by atomic mass is 16.5. The number of nitrogens with zero attached hydrogens (tertiary/aromatic N) is 6. The van der Waals surface area contributed by atoms with Crippen LogP contribution in [0.15, 0.2) is 48.5 Å². The molecule has 2 atom stereocenters. The van der Waals surface area contributed by atoms with E-state index in [0.717, 1.165) is 51.5 Å². The van der Waals surface area contributed by atoms with Crippen molar-refractivity contribution in [3.8, 4) is 0 Å². The molecule has 2 aromatic carbocycles. The largest absolute Gasteiger partial charge is 0.376 e. The van der Waals surface area contributed by atoms with Crippen LogP contribution in [-0.2, 0) is 11.3 Å². The number of hydrogen-bond acceptors (Lipinski definition) is 6. The highest BCUT2D eigenvalue weighted by molar-refractivity contribution is 5.56. The molecule has 7 heteroatoms. The Hall–Kier alpha value is -2.77. The van der Waals surface area contributed by atoms with Crippen molar-refractivity contribution in [3.63, 3.8) is 0 Å². The number of tetrazole rings is 1. The van der Waals surface area contributed by atoms with Crippen molar-refractivity contribution in [3.05, 3.63) is 71.0 Å². The minimum Gasteiger partial charge on any atom is -0.376 e. The number of ether oxygens (including phenoxy) is 1. The predicted molar refractivity (Wildman–Crippen MR) is 125 cm³/mol. The molecule has 0 saturated carbocycles. The lowest BCUT2D eigenvalue weighted by atomic mass is 10.0. The van der Waals surface area contributed by atoms with Crippen LogP contribution in [-0.4, -0.2) is 64.0 Å². The van der Waals surface area contributed by atoms with Crippen molar-refractivity contribution in [2.45, 2.75) is 45.4 Å². The summed E-state index contributed by atoms with van der Waals surface area (Å²) in [6.07, 6.45) is 2.39. The minimum absolute atomic E-state index is 0.0355. The van der Waals surface area contributed by atoms with E-state index in [4.69, 9.17) is 4.74 Å². The standard InChI is InChI=1S/C25H32N6O/c1-19-8-6-12-23(20(19)2)29-13-15-30(16-14-29)24(21-9-4-3-5-10-21)25-26-27-28-31(25)18-22-11-7-17-32-22/h3-6,8-10,12,22,24H,7,11,13-18H2,1-2H3/t22-,24-/m1/s1. The summed E-state index contributed by atoms with van der Waals surface area (Å²) in [4.78, 5) is 5.03. The van der Waals surface area contributed by atoms with Crippen molar-refractivity contribution in [2.75, 3.05) is 37.7 Å². The number of hydrogen-bond donors (Lipinski definition) is 0. The van der Waals surface area contributed by atoms with Gasteiger partial charge in [-0.25, -0.2) is 4.68 Å². The van der Waals surface area contributed by atoms with Gasteiger partial charge in [-0.05, 0) is 59.9 Å². The summed E-state index contributed by atoms with van der Waals surface area (Å²) >= 11 is 0. The van der Waals surface area contributed by atoms with E-state index in [0.29, 0.717) is 6.54 Å². The molecule has 0 bridgehead atoms. The number of aryl methyl sites for hydroxylation is 1. The third-order valence-electron chi connectivity index (χ3n) is 6.92. The molecule has 32 heavy (non-hydrogen) atoms. The molecule has 0 unspecified atom stereocenters. The van der Waals surface area contributed by atoms with Crippen LogP contribution in [0.25, 0.3) is 0 Å². The Kier molecular flexibility index (Phi) is 6.19. The van der Waals surface area contributed by atoms with Gasteiger partial charge in [0.05, 0.1) is 18.7 Å². The Labute approximate surface area is 190 Å². The summed E-state index contributed by atoms with van der Waals surface area (Å²) in [5.41, 5.74) is 5.31. The maximum absolute atomic E-state index is 5.86. The average Bonchev–Trinajstić information content (AvgIpc) is 3.50. The molecule has 2 aliphatic heterocycles. The molecular weight excluding hydrogens is 400 g/mol. The highest BCUT2D eigenvalue weighted by Crippen LogP contribution is 2.30. The van der Waals surface area contributed by atoms with E-state index in [1.54, 1.807) is 0 Å². The van der Waals surface area contributed by atoms with Crippen molar-refractivity contribution in [1.82, 2.24) is 25.1 Å². The summed E-state index contributed by atoms with van der Waals surface area (Å²) in [5, 5.41) is 12.9. The molecule has 0 spiro atoms. The fraction of sp³-hybridized carbons (Fsp3) is 0.480. The van der Waals surface area contributed by atoms with Crippen molar-refractivity contribution >= 4 is 5.69 Å². The molecule has 5 rings (SSSR count). The molecule has 3 heterocycles. The first-order chi connectivity index (χ1) is 15.7. The van der Waals surface area contributed by atoms with Crippen molar-refractivity contribution in [2.24, 2.45) is 0 Å². The van der Waals surface area contributed by atoms with Crippen LogP contribution in [0.3, 0.4) is 0 Å².